The first-order valence-electron chi connectivity index (χ1n) is 11.0. The summed E-state index contributed by atoms with van der Waals surface area (Å²) in [5.74, 6) is -2.42. The molecule has 0 spiro atoms. The maximum Gasteiger partial charge on any atom is 0.243 e. The monoisotopic (exact) mass is 475 g/mol. The Bertz CT molecular complexity index is 1210. The second kappa shape index (κ2) is 11.7. The van der Waals surface area contributed by atoms with E-state index in [4.69, 9.17) is 5.73 Å². The second-order valence-corrected chi connectivity index (χ2v) is 8.15. The van der Waals surface area contributed by atoms with Crippen LogP contribution in [0.2, 0.25) is 0 Å². The standard InChI is InChI=1S/C27H26FN3O4/c1-17(32)30-24(16-19-6-5-9-22(28)14-19)27(35)31-23(26(29)34)15-18-10-12-21(13-11-18)25(33)20-7-3-2-4-8-20/h2-14,23-24H,15-16H2,1H3,(H2,29,34)(H,30,32)(H,31,35)/t23-,24-/m1/s1. The number of nitrogens with one attached hydrogen (secondary N) is 2. The van der Waals surface area contributed by atoms with Gasteiger partial charge in [0.2, 0.25) is 17.7 Å². The van der Waals surface area contributed by atoms with E-state index in [0.29, 0.717) is 22.3 Å². The third kappa shape index (κ3) is 7.33. The van der Waals surface area contributed by atoms with Crippen LogP contribution in [0.15, 0.2) is 78.9 Å². The number of hydrogen-bond donors (Lipinski definition) is 3. The quantitative estimate of drug-likeness (QED) is 0.390. The summed E-state index contributed by atoms with van der Waals surface area (Å²) in [5, 5.41) is 5.11. The third-order valence-electron chi connectivity index (χ3n) is 5.37. The van der Waals surface area contributed by atoms with Crippen LogP contribution < -0.4 is 16.4 Å². The number of hydrogen-bond acceptors (Lipinski definition) is 4. The Kier molecular flexibility index (Phi) is 8.45. The van der Waals surface area contributed by atoms with Crippen LogP contribution in [0.25, 0.3) is 0 Å². The number of carbonyl (C=O) groups is 4. The average Bonchev–Trinajstić information content (AvgIpc) is 2.83. The minimum atomic E-state index is -1.05. The van der Waals surface area contributed by atoms with Crippen LogP contribution in [-0.4, -0.2) is 35.6 Å². The van der Waals surface area contributed by atoms with E-state index in [0.717, 1.165) is 0 Å². The summed E-state index contributed by atoms with van der Waals surface area (Å²) in [5.41, 5.74) is 7.75. The molecule has 0 aliphatic rings. The topological polar surface area (TPSA) is 118 Å². The van der Waals surface area contributed by atoms with E-state index < -0.39 is 35.6 Å². The van der Waals surface area contributed by atoms with Gasteiger partial charge in [-0.1, -0.05) is 66.7 Å². The molecule has 0 fully saturated rings. The van der Waals surface area contributed by atoms with E-state index in [9.17, 15) is 23.6 Å². The fraction of sp³-hybridized carbons (Fsp3) is 0.185. The van der Waals surface area contributed by atoms with Gasteiger partial charge in [0.15, 0.2) is 5.78 Å². The van der Waals surface area contributed by atoms with Gasteiger partial charge in [-0.3, -0.25) is 19.2 Å². The van der Waals surface area contributed by atoms with Crippen molar-refractivity contribution in [2.24, 2.45) is 5.73 Å². The zero-order valence-electron chi connectivity index (χ0n) is 19.2. The molecule has 180 valence electrons. The predicted octanol–water partition coefficient (Wildman–Crippen LogP) is 2.32. The molecule has 35 heavy (non-hydrogen) atoms. The van der Waals surface area contributed by atoms with Crippen molar-refractivity contribution in [3.63, 3.8) is 0 Å². The first-order chi connectivity index (χ1) is 16.7. The minimum Gasteiger partial charge on any atom is -0.368 e. The summed E-state index contributed by atoms with van der Waals surface area (Å²) >= 11 is 0. The van der Waals surface area contributed by atoms with E-state index in [1.165, 1.54) is 25.1 Å². The van der Waals surface area contributed by atoms with Crippen LogP contribution in [0.1, 0.15) is 34.0 Å². The lowest BCUT2D eigenvalue weighted by atomic mass is 9.99. The third-order valence-corrected chi connectivity index (χ3v) is 5.37. The molecule has 0 saturated heterocycles. The highest BCUT2D eigenvalue weighted by Crippen LogP contribution is 2.13. The van der Waals surface area contributed by atoms with Crippen molar-refractivity contribution in [3.05, 3.63) is 107 Å². The zero-order valence-corrected chi connectivity index (χ0v) is 19.2. The number of carbonyl (C=O) groups excluding carboxylic acids is 4. The molecule has 7 nitrogen and oxygen atoms in total. The smallest absolute Gasteiger partial charge is 0.243 e. The fourth-order valence-corrected chi connectivity index (χ4v) is 3.63. The van der Waals surface area contributed by atoms with Gasteiger partial charge >= 0.3 is 0 Å². The molecule has 0 unspecified atom stereocenters. The maximum atomic E-state index is 13.5. The van der Waals surface area contributed by atoms with Crippen molar-refractivity contribution in [1.82, 2.24) is 10.6 Å². The molecule has 0 saturated carbocycles. The molecule has 4 N–H and O–H groups in total. The zero-order chi connectivity index (χ0) is 25.4. The largest absolute Gasteiger partial charge is 0.368 e. The van der Waals surface area contributed by atoms with Crippen LogP contribution in [0.3, 0.4) is 0 Å². The van der Waals surface area contributed by atoms with Gasteiger partial charge < -0.3 is 16.4 Å². The molecule has 2 atom stereocenters. The second-order valence-electron chi connectivity index (χ2n) is 8.15. The number of ketones is 1. The summed E-state index contributed by atoms with van der Waals surface area (Å²) in [6.45, 7) is 1.26. The summed E-state index contributed by atoms with van der Waals surface area (Å²) in [4.78, 5) is 49.2. The Morgan fingerprint density at radius 1 is 0.771 bits per heavy atom. The summed E-state index contributed by atoms with van der Waals surface area (Å²) in [7, 11) is 0. The molecule has 0 bridgehead atoms. The van der Waals surface area contributed by atoms with Gasteiger partial charge in [0.05, 0.1) is 0 Å². The fourth-order valence-electron chi connectivity index (χ4n) is 3.63. The van der Waals surface area contributed by atoms with Crippen LogP contribution in [0.5, 0.6) is 0 Å². The summed E-state index contributed by atoms with van der Waals surface area (Å²) < 4.78 is 13.5. The number of amides is 3. The van der Waals surface area contributed by atoms with Crippen LogP contribution in [0.4, 0.5) is 4.39 Å². The van der Waals surface area contributed by atoms with Crippen molar-refractivity contribution >= 4 is 23.5 Å². The van der Waals surface area contributed by atoms with E-state index in [1.54, 1.807) is 54.6 Å². The molecular weight excluding hydrogens is 449 g/mol. The molecule has 0 aliphatic carbocycles. The number of benzene rings is 3. The van der Waals surface area contributed by atoms with Gasteiger partial charge in [-0.05, 0) is 23.3 Å². The Hall–Kier alpha value is -4.33. The van der Waals surface area contributed by atoms with E-state index in [1.807, 2.05) is 6.07 Å². The maximum absolute atomic E-state index is 13.5. The van der Waals surface area contributed by atoms with Crippen LogP contribution >= 0.6 is 0 Å². The SMILES string of the molecule is CC(=O)N[C@H](Cc1cccc(F)c1)C(=O)N[C@H](Cc1ccc(C(=O)c2ccccc2)cc1)C(N)=O. The highest BCUT2D eigenvalue weighted by Gasteiger charge is 2.25. The van der Waals surface area contributed by atoms with Gasteiger partial charge in [0.1, 0.15) is 17.9 Å². The Morgan fingerprint density at radius 2 is 1.40 bits per heavy atom. The van der Waals surface area contributed by atoms with Crippen molar-refractivity contribution in [2.45, 2.75) is 31.8 Å². The van der Waals surface area contributed by atoms with Crippen molar-refractivity contribution in [2.75, 3.05) is 0 Å². The van der Waals surface area contributed by atoms with Crippen molar-refractivity contribution in [1.29, 1.82) is 0 Å². The molecule has 0 aliphatic heterocycles. The highest BCUT2D eigenvalue weighted by atomic mass is 19.1. The lowest BCUT2D eigenvalue weighted by Gasteiger charge is -2.22. The molecule has 0 aromatic heterocycles. The first-order valence-corrected chi connectivity index (χ1v) is 11.0. The van der Waals surface area contributed by atoms with Gasteiger partial charge in [-0.25, -0.2) is 4.39 Å². The molecule has 3 rings (SSSR count). The van der Waals surface area contributed by atoms with Gasteiger partial charge in [-0.2, -0.15) is 0 Å². The van der Waals surface area contributed by atoms with E-state index in [2.05, 4.69) is 10.6 Å². The van der Waals surface area contributed by atoms with Gasteiger partial charge in [-0.15, -0.1) is 0 Å². The molecule has 0 radical (unpaired) electrons. The number of primary amides is 1. The molecule has 3 aromatic carbocycles. The first kappa shape index (κ1) is 25.3. The Morgan fingerprint density at radius 3 is 2.00 bits per heavy atom. The molecule has 3 amide bonds. The Labute approximate surface area is 202 Å². The van der Waals surface area contributed by atoms with E-state index in [-0.39, 0.29) is 18.6 Å². The number of rotatable bonds is 10. The van der Waals surface area contributed by atoms with Crippen LogP contribution in [-0.2, 0) is 27.2 Å². The van der Waals surface area contributed by atoms with Crippen molar-refractivity contribution in [3.8, 4) is 0 Å². The average molecular weight is 476 g/mol. The lowest BCUT2D eigenvalue weighted by Crippen LogP contribution is -2.54. The summed E-state index contributed by atoms with van der Waals surface area (Å²) in [6.07, 6.45) is 0.124. The molecule has 0 heterocycles. The molecule has 3 aromatic rings. The lowest BCUT2D eigenvalue weighted by molar-refractivity contribution is -0.130. The Balaban J connectivity index is 1.70. The highest BCUT2D eigenvalue weighted by molar-refractivity contribution is 6.08. The minimum absolute atomic E-state index is 0.0327. The van der Waals surface area contributed by atoms with Gasteiger partial charge in [0.25, 0.3) is 0 Å². The van der Waals surface area contributed by atoms with Gasteiger partial charge in [0, 0.05) is 30.9 Å². The molecule has 8 heteroatoms. The number of halogens is 1. The molecular formula is C27H26FN3O4. The summed E-state index contributed by atoms with van der Waals surface area (Å²) in [6, 6.07) is 19.1. The van der Waals surface area contributed by atoms with Crippen molar-refractivity contribution < 1.29 is 23.6 Å². The van der Waals surface area contributed by atoms with Crippen LogP contribution in [0, 0.1) is 5.82 Å². The normalized spacial score (nSPS) is 12.3. The predicted molar refractivity (Wildman–Crippen MR) is 129 cm³/mol. The number of nitrogens with two attached hydrogens (primary N) is 1. The van der Waals surface area contributed by atoms with E-state index >= 15 is 0 Å².